The van der Waals surface area contributed by atoms with E-state index in [0.717, 1.165) is 28.3 Å². The number of amides is 1. The van der Waals surface area contributed by atoms with E-state index in [1.165, 1.54) is 11.8 Å². The lowest BCUT2D eigenvalue weighted by Crippen LogP contribution is -2.27. The number of carbonyl (C=O) groups excluding carboxylic acids is 1. The molecule has 0 spiro atoms. The van der Waals surface area contributed by atoms with Crippen LogP contribution in [0.4, 0.5) is 0 Å². The maximum Gasteiger partial charge on any atom is 0.266 e. The normalized spacial score (nSPS) is 14.8. The first-order valence-corrected chi connectivity index (χ1v) is 11.2. The minimum atomic E-state index is -0.119. The molecule has 0 atom stereocenters. The lowest BCUT2D eigenvalue weighted by atomic mass is 10.1. The van der Waals surface area contributed by atoms with Crippen molar-refractivity contribution in [3.63, 3.8) is 0 Å². The molecule has 1 saturated heterocycles. The first kappa shape index (κ1) is 21.8. The van der Waals surface area contributed by atoms with Crippen molar-refractivity contribution >= 4 is 40.3 Å². The third-order valence-corrected chi connectivity index (χ3v) is 6.11. The van der Waals surface area contributed by atoms with Gasteiger partial charge < -0.3 is 4.74 Å². The molecule has 160 valence electrons. The first-order valence-electron chi connectivity index (χ1n) is 9.96. The standard InChI is InChI=1S/C25H21N3O2S2/c1-3-14-27-24(29)22(32-25(27)31)16-19-17-28(20-8-6-5-7-9-20)26-23(19)18-10-12-21(13-11-18)30-15-4-2/h3-13,16-17H,1-2,14-15H2. The summed E-state index contributed by atoms with van der Waals surface area (Å²) in [5, 5.41) is 4.82. The minimum Gasteiger partial charge on any atom is -0.490 e. The van der Waals surface area contributed by atoms with Gasteiger partial charge in [0, 0.05) is 23.9 Å². The van der Waals surface area contributed by atoms with Crippen LogP contribution in [0, 0.1) is 0 Å². The van der Waals surface area contributed by atoms with Crippen LogP contribution in [-0.4, -0.2) is 38.1 Å². The molecule has 1 aliphatic heterocycles. The molecule has 4 rings (SSSR count). The fourth-order valence-electron chi connectivity index (χ4n) is 3.22. The molecule has 1 aliphatic rings. The average Bonchev–Trinajstić information content (AvgIpc) is 3.35. The number of ether oxygens (including phenoxy) is 1. The highest BCUT2D eigenvalue weighted by Crippen LogP contribution is 2.35. The predicted octanol–water partition coefficient (Wildman–Crippen LogP) is 5.49. The lowest BCUT2D eigenvalue weighted by Gasteiger charge is -2.10. The van der Waals surface area contributed by atoms with Crippen molar-refractivity contribution in [3.8, 4) is 22.7 Å². The molecule has 0 N–H and O–H groups in total. The number of aromatic nitrogens is 2. The Labute approximate surface area is 196 Å². The van der Waals surface area contributed by atoms with E-state index in [1.807, 2.05) is 71.6 Å². The van der Waals surface area contributed by atoms with Crippen molar-refractivity contribution in [2.45, 2.75) is 0 Å². The third kappa shape index (κ3) is 4.59. The van der Waals surface area contributed by atoms with Gasteiger partial charge in [-0.15, -0.1) is 6.58 Å². The molecule has 0 radical (unpaired) electrons. The summed E-state index contributed by atoms with van der Waals surface area (Å²) in [5.41, 5.74) is 3.43. The molecule has 2 heterocycles. The van der Waals surface area contributed by atoms with E-state index in [9.17, 15) is 4.79 Å². The second-order valence-corrected chi connectivity index (χ2v) is 8.59. The van der Waals surface area contributed by atoms with Gasteiger partial charge in [-0.1, -0.05) is 60.9 Å². The Morgan fingerprint density at radius 3 is 2.50 bits per heavy atom. The molecular weight excluding hydrogens is 438 g/mol. The van der Waals surface area contributed by atoms with Gasteiger partial charge in [-0.2, -0.15) is 5.10 Å². The highest BCUT2D eigenvalue weighted by Gasteiger charge is 2.31. The summed E-state index contributed by atoms with van der Waals surface area (Å²) in [7, 11) is 0. The Balaban J connectivity index is 1.75. The van der Waals surface area contributed by atoms with Crippen molar-refractivity contribution in [1.82, 2.24) is 14.7 Å². The van der Waals surface area contributed by atoms with Crippen LogP contribution in [0.15, 0.2) is 91.0 Å². The molecule has 1 aromatic heterocycles. The maximum atomic E-state index is 12.8. The van der Waals surface area contributed by atoms with Gasteiger partial charge in [-0.05, 0) is 42.5 Å². The Bertz CT molecular complexity index is 1200. The van der Waals surface area contributed by atoms with Crippen LogP contribution in [0.5, 0.6) is 5.75 Å². The second-order valence-electron chi connectivity index (χ2n) is 6.92. The molecule has 1 amide bonds. The van der Waals surface area contributed by atoms with Gasteiger partial charge in [0.05, 0.1) is 16.3 Å². The Morgan fingerprint density at radius 1 is 1.06 bits per heavy atom. The van der Waals surface area contributed by atoms with Gasteiger partial charge in [-0.3, -0.25) is 9.69 Å². The van der Waals surface area contributed by atoms with E-state index < -0.39 is 0 Å². The zero-order chi connectivity index (χ0) is 22.5. The van der Waals surface area contributed by atoms with E-state index in [-0.39, 0.29) is 5.91 Å². The number of benzene rings is 2. The zero-order valence-electron chi connectivity index (χ0n) is 17.3. The van der Waals surface area contributed by atoms with Gasteiger partial charge in [-0.25, -0.2) is 4.68 Å². The number of carbonyl (C=O) groups is 1. The first-order chi connectivity index (χ1) is 15.6. The lowest BCUT2D eigenvalue weighted by molar-refractivity contribution is -0.121. The maximum absolute atomic E-state index is 12.8. The largest absolute Gasteiger partial charge is 0.490 e. The van der Waals surface area contributed by atoms with E-state index in [0.29, 0.717) is 22.4 Å². The summed E-state index contributed by atoms with van der Waals surface area (Å²) >= 11 is 6.66. The van der Waals surface area contributed by atoms with E-state index in [2.05, 4.69) is 13.2 Å². The number of hydrogen-bond acceptors (Lipinski definition) is 5. The van der Waals surface area contributed by atoms with Gasteiger partial charge in [0.25, 0.3) is 5.91 Å². The Kier molecular flexibility index (Phi) is 6.68. The van der Waals surface area contributed by atoms with Gasteiger partial charge in [0.2, 0.25) is 0 Å². The molecular formula is C25H21N3O2S2. The van der Waals surface area contributed by atoms with Crippen LogP contribution < -0.4 is 4.74 Å². The molecule has 5 nitrogen and oxygen atoms in total. The van der Waals surface area contributed by atoms with Crippen LogP contribution in [0.25, 0.3) is 23.0 Å². The van der Waals surface area contributed by atoms with Gasteiger partial charge in [0.15, 0.2) is 0 Å². The molecule has 3 aromatic rings. The number of thioether (sulfide) groups is 1. The zero-order valence-corrected chi connectivity index (χ0v) is 18.9. The number of nitrogens with zero attached hydrogens (tertiary/aromatic N) is 3. The molecule has 0 bridgehead atoms. The number of para-hydroxylation sites is 1. The van der Waals surface area contributed by atoms with Gasteiger partial charge in [0.1, 0.15) is 16.7 Å². The van der Waals surface area contributed by atoms with Crippen molar-refractivity contribution in [1.29, 1.82) is 0 Å². The average molecular weight is 460 g/mol. The molecule has 0 unspecified atom stereocenters. The van der Waals surface area contributed by atoms with Crippen molar-refractivity contribution < 1.29 is 9.53 Å². The van der Waals surface area contributed by atoms with Crippen LogP contribution in [-0.2, 0) is 4.79 Å². The SMILES string of the molecule is C=CCOc1ccc(-c2nn(-c3ccccc3)cc2C=C2SC(=S)N(CC=C)C2=O)cc1. The van der Waals surface area contributed by atoms with Crippen molar-refractivity contribution in [2.24, 2.45) is 0 Å². The summed E-state index contributed by atoms with van der Waals surface area (Å²) in [4.78, 5) is 14.9. The summed E-state index contributed by atoms with van der Waals surface area (Å²) in [6.45, 7) is 8.21. The highest BCUT2D eigenvalue weighted by atomic mass is 32.2. The van der Waals surface area contributed by atoms with Crippen molar-refractivity contribution in [2.75, 3.05) is 13.2 Å². The molecule has 7 heteroatoms. The number of rotatable bonds is 8. The van der Waals surface area contributed by atoms with E-state index >= 15 is 0 Å². The molecule has 0 saturated carbocycles. The monoisotopic (exact) mass is 459 g/mol. The summed E-state index contributed by atoms with van der Waals surface area (Å²) < 4.78 is 7.93. The smallest absolute Gasteiger partial charge is 0.266 e. The quantitative estimate of drug-likeness (QED) is 0.253. The Hall–Kier alpha value is -3.42. The molecule has 0 aliphatic carbocycles. The molecule has 2 aromatic carbocycles. The van der Waals surface area contributed by atoms with Crippen LogP contribution in [0.2, 0.25) is 0 Å². The van der Waals surface area contributed by atoms with Crippen LogP contribution in [0.1, 0.15) is 5.56 Å². The van der Waals surface area contributed by atoms with Crippen molar-refractivity contribution in [3.05, 3.63) is 96.6 Å². The van der Waals surface area contributed by atoms with Crippen LogP contribution >= 0.6 is 24.0 Å². The topological polar surface area (TPSA) is 47.4 Å². The summed E-state index contributed by atoms with van der Waals surface area (Å²) in [6.07, 6.45) is 7.15. The molecule has 1 fully saturated rings. The Morgan fingerprint density at radius 2 is 1.81 bits per heavy atom. The van der Waals surface area contributed by atoms with Gasteiger partial charge >= 0.3 is 0 Å². The fraction of sp³-hybridized carbons (Fsp3) is 0.0800. The predicted molar refractivity (Wildman–Crippen MR) is 135 cm³/mol. The highest BCUT2D eigenvalue weighted by molar-refractivity contribution is 8.26. The van der Waals surface area contributed by atoms with E-state index in [1.54, 1.807) is 17.1 Å². The summed E-state index contributed by atoms with van der Waals surface area (Å²) in [6, 6.07) is 17.5. The summed E-state index contributed by atoms with van der Waals surface area (Å²) in [5.74, 6) is 0.634. The molecule has 32 heavy (non-hydrogen) atoms. The van der Waals surface area contributed by atoms with Crippen LogP contribution in [0.3, 0.4) is 0 Å². The second kappa shape index (κ2) is 9.80. The van der Waals surface area contributed by atoms with E-state index in [4.69, 9.17) is 22.1 Å². The fourth-order valence-corrected chi connectivity index (χ4v) is 4.49. The minimum absolute atomic E-state index is 0.119. The number of hydrogen-bond donors (Lipinski definition) is 0. The third-order valence-electron chi connectivity index (χ3n) is 4.73. The number of thiocarbonyl (C=S) groups is 1.